The van der Waals surface area contributed by atoms with Crippen LogP contribution in [0.3, 0.4) is 0 Å². The molecule has 0 aliphatic heterocycles. The highest BCUT2D eigenvalue weighted by Gasteiger charge is 2.21. The predicted molar refractivity (Wildman–Crippen MR) is 120 cm³/mol. The summed E-state index contributed by atoms with van der Waals surface area (Å²) in [4.78, 5) is 14.7. The Morgan fingerprint density at radius 3 is 2.69 bits per heavy atom. The van der Waals surface area contributed by atoms with Gasteiger partial charge in [-0.1, -0.05) is 55.1 Å². The van der Waals surface area contributed by atoms with Crippen LogP contribution in [0.5, 0.6) is 0 Å². The lowest BCUT2D eigenvalue weighted by molar-refractivity contribution is -0.118. The Bertz CT molecular complexity index is 950. The number of amides is 1. The van der Waals surface area contributed by atoms with Gasteiger partial charge in [0, 0.05) is 6.54 Å². The maximum atomic E-state index is 12.4. The first-order valence-electron chi connectivity index (χ1n) is 9.44. The number of furan rings is 1. The molecule has 9 heteroatoms. The van der Waals surface area contributed by atoms with Crippen molar-refractivity contribution in [1.29, 1.82) is 0 Å². The second kappa shape index (κ2) is 10.7. The van der Waals surface area contributed by atoms with E-state index in [0.717, 1.165) is 28.9 Å². The molecular formula is C20H24N4O2S3. The molecule has 0 radical (unpaired) electrons. The fraction of sp³-hybridized carbons (Fsp3) is 0.350. The Morgan fingerprint density at radius 2 is 2.03 bits per heavy atom. The number of carbonyl (C=O) groups is 1. The molecule has 6 nitrogen and oxygen atoms in total. The minimum absolute atomic E-state index is 0.0216. The first-order chi connectivity index (χ1) is 14.1. The van der Waals surface area contributed by atoms with E-state index in [9.17, 15) is 4.79 Å². The zero-order chi connectivity index (χ0) is 20.6. The van der Waals surface area contributed by atoms with Crippen LogP contribution >= 0.6 is 35.3 Å². The van der Waals surface area contributed by atoms with Crippen molar-refractivity contribution in [3.8, 4) is 5.69 Å². The molecule has 3 rings (SSSR count). The standard InChI is InChI=1S/C20H24N4O2S3/c1-3-23(4-2)16(17-11-8-12-26-17)13-21-18(25)14-28-19-22-24(20(27)29-19)15-9-6-5-7-10-15/h5-12,16H,3-4,13-14H2,1-2H3,(H,21,25). The van der Waals surface area contributed by atoms with Gasteiger partial charge in [-0.25, -0.2) is 4.68 Å². The van der Waals surface area contributed by atoms with Crippen molar-refractivity contribution >= 4 is 41.2 Å². The first kappa shape index (κ1) is 21.8. The normalized spacial score (nSPS) is 12.2. The third-order valence-electron chi connectivity index (χ3n) is 4.47. The lowest BCUT2D eigenvalue weighted by Crippen LogP contribution is -2.38. The van der Waals surface area contributed by atoms with E-state index in [-0.39, 0.29) is 11.9 Å². The van der Waals surface area contributed by atoms with E-state index < -0.39 is 0 Å². The molecule has 2 aromatic heterocycles. The summed E-state index contributed by atoms with van der Waals surface area (Å²) >= 11 is 8.22. The lowest BCUT2D eigenvalue weighted by Gasteiger charge is -2.28. The van der Waals surface area contributed by atoms with E-state index in [1.54, 1.807) is 10.9 Å². The smallest absolute Gasteiger partial charge is 0.230 e. The van der Waals surface area contributed by atoms with Crippen molar-refractivity contribution in [2.45, 2.75) is 24.2 Å². The van der Waals surface area contributed by atoms with Crippen molar-refractivity contribution in [1.82, 2.24) is 20.0 Å². The van der Waals surface area contributed by atoms with E-state index >= 15 is 0 Å². The van der Waals surface area contributed by atoms with Crippen molar-refractivity contribution in [2.75, 3.05) is 25.4 Å². The molecule has 0 fully saturated rings. The van der Waals surface area contributed by atoms with Gasteiger partial charge in [-0.3, -0.25) is 9.69 Å². The summed E-state index contributed by atoms with van der Waals surface area (Å²) in [5, 5.41) is 7.56. The molecule has 3 aromatic rings. The maximum absolute atomic E-state index is 12.4. The summed E-state index contributed by atoms with van der Waals surface area (Å²) in [6.45, 7) is 6.48. The summed E-state index contributed by atoms with van der Waals surface area (Å²) in [6.07, 6.45) is 1.67. The fourth-order valence-corrected chi connectivity index (χ4v) is 5.19. The van der Waals surface area contributed by atoms with Crippen molar-refractivity contribution in [3.05, 3.63) is 58.4 Å². The van der Waals surface area contributed by atoms with Crippen LogP contribution in [0.25, 0.3) is 5.69 Å². The third kappa shape index (κ3) is 5.79. The number of rotatable bonds is 10. The van der Waals surface area contributed by atoms with Crippen LogP contribution in [0.2, 0.25) is 0 Å². The highest BCUT2D eigenvalue weighted by Crippen LogP contribution is 2.24. The topological polar surface area (TPSA) is 63.3 Å². The van der Waals surface area contributed by atoms with E-state index in [2.05, 4.69) is 29.2 Å². The molecule has 154 valence electrons. The highest BCUT2D eigenvalue weighted by atomic mass is 32.2. The number of nitrogens with zero attached hydrogens (tertiary/aromatic N) is 3. The van der Waals surface area contributed by atoms with Crippen LogP contribution in [0, 0.1) is 3.95 Å². The van der Waals surface area contributed by atoms with Crippen LogP contribution in [0.1, 0.15) is 25.6 Å². The zero-order valence-corrected chi connectivity index (χ0v) is 18.9. The molecule has 0 aliphatic carbocycles. The summed E-state index contributed by atoms with van der Waals surface area (Å²) < 4.78 is 8.75. The highest BCUT2D eigenvalue weighted by molar-refractivity contribution is 8.01. The van der Waals surface area contributed by atoms with Gasteiger partial charge in [0.1, 0.15) is 5.76 Å². The lowest BCUT2D eigenvalue weighted by atomic mass is 10.2. The monoisotopic (exact) mass is 448 g/mol. The molecule has 0 spiro atoms. The third-order valence-corrected chi connectivity index (χ3v) is 6.84. The molecular weight excluding hydrogens is 424 g/mol. The minimum atomic E-state index is -0.0360. The van der Waals surface area contributed by atoms with Gasteiger partial charge in [0.2, 0.25) is 5.91 Å². The Balaban J connectivity index is 1.56. The Labute approximate surface area is 183 Å². The van der Waals surface area contributed by atoms with E-state index in [4.69, 9.17) is 16.6 Å². The molecule has 1 aromatic carbocycles. The van der Waals surface area contributed by atoms with Crippen molar-refractivity contribution < 1.29 is 9.21 Å². The van der Waals surface area contributed by atoms with Gasteiger partial charge < -0.3 is 9.73 Å². The molecule has 0 saturated heterocycles. The van der Waals surface area contributed by atoms with Crippen LogP contribution < -0.4 is 5.32 Å². The Morgan fingerprint density at radius 1 is 1.28 bits per heavy atom. The fourth-order valence-electron chi connectivity index (χ4n) is 3.00. The van der Waals surface area contributed by atoms with Gasteiger partial charge in [0.15, 0.2) is 8.29 Å². The molecule has 1 N–H and O–H groups in total. The Kier molecular flexibility index (Phi) is 8.05. The van der Waals surface area contributed by atoms with Gasteiger partial charge in [0.25, 0.3) is 0 Å². The average Bonchev–Trinajstić information content (AvgIpc) is 3.40. The van der Waals surface area contributed by atoms with Crippen LogP contribution in [-0.2, 0) is 4.79 Å². The number of benzene rings is 1. The molecule has 1 unspecified atom stereocenters. The molecule has 1 atom stereocenters. The number of aromatic nitrogens is 2. The van der Waals surface area contributed by atoms with Gasteiger partial charge >= 0.3 is 0 Å². The molecule has 2 heterocycles. The SMILES string of the molecule is CCN(CC)C(CNC(=O)CSc1nn(-c2ccccc2)c(=S)s1)c1ccco1. The van der Waals surface area contributed by atoms with E-state index in [1.165, 1.54) is 23.1 Å². The summed E-state index contributed by atoms with van der Waals surface area (Å²) in [5.74, 6) is 1.12. The molecule has 0 aliphatic rings. The van der Waals surface area contributed by atoms with Gasteiger partial charge in [-0.2, -0.15) is 0 Å². The van der Waals surface area contributed by atoms with Crippen LogP contribution in [0.15, 0.2) is 57.5 Å². The summed E-state index contributed by atoms with van der Waals surface area (Å²) in [5.41, 5.74) is 0.922. The quantitative estimate of drug-likeness (QED) is 0.363. The van der Waals surface area contributed by atoms with Crippen molar-refractivity contribution in [3.63, 3.8) is 0 Å². The largest absolute Gasteiger partial charge is 0.468 e. The van der Waals surface area contributed by atoms with E-state index in [0.29, 0.717) is 16.3 Å². The number of para-hydroxylation sites is 1. The van der Waals surface area contributed by atoms with Crippen molar-refractivity contribution in [2.24, 2.45) is 0 Å². The Hall–Kier alpha value is -1.94. The minimum Gasteiger partial charge on any atom is -0.468 e. The molecule has 1 amide bonds. The second-order valence-corrected chi connectivity index (χ2v) is 9.07. The predicted octanol–water partition coefficient (Wildman–Crippen LogP) is 4.55. The number of thioether (sulfide) groups is 1. The van der Waals surface area contributed by atoms with Gasteiger partial charge in [0.05, 0.1) is 23.7 Å². The number of carbonyl (C=O) groups excluding carboxylic acids is 1. The number of hydrogen-bond acceptors (Lipinski definition) is 7. The number of likely N-dealkylation sites (N-methyl/N-ethyl adjacent to an activating group) is 1. The number of hydrogen-bond donors (Lipinski definition) is 1. The van der Waals surface area contributed by atoms with E-state index in [1.807, 2.05) is 42.5 Å². The zero-order valence-electron chi connectivity index (χ0n) is 16.4. The second-order valence-electron chi connectivity index (χ2n) is 6.23. The van der Waals surface area contributed by atoms with Gasteiger partial charge in [-0.05, 0) is 49.6 Å². The first-order valence-corrected chi connectivity index (χ1v) is 11.7. The van der Waals surface area contributed by atoms with Crippen LogP contribution in [0.4, 0.5) is 0 Å². The summed E-state index contributed by atoms with van der Waals surface area (Å²) in [6, 6.07) is 13.6. The summed E-state index contributed by atoms with van der Waals surface area (Å²) in [7, 11) is 0. The van der Waals surface area contributed by atoms with Crippen LogP contribution in [-0.4, -0.2) is 46.0 Å². The van der Waals surface area contributed by atoms with Gasteiger partial charge in [-0.15, -0.1) is 5.10 Å². The number of nitrogens with one attached hydrogen (secondary N) is 1. The average molecular weight is 449 g/mol. The molecule has 0 bridgehead atoms. The maximum Gasteiger partial charge on any atom is 0.230 e. The molecule has 0 saturated carbocycles. The molecule has 29 heavy (non-hydrogen) atoms.